The highest BCUT2D eigenvalue weighted by Crippen LogP contribution is 2.48. The van der Waals surface area contributed by atoms with Gasteiger partial charge in [-0.2, -0.15) is 0 Å². The fraction of sp³-hybridized carbons (Fsp3) is 0.923. The van der Waals surface area contributed by atoms with Gasteiger partial charge in [-0.05, 0) is 6.92 Å². The molecule has 0 aromatic carbocycles. The minimum absolute atomic E-state index is 0.371. The second kappa shape index (κ2) is 5.18. The summed E-state index contributed by atoms with van der Waals surface area (Å²) in [5, 5.41) is 0. The molecule has 15 heavy (non-hydrogen) atoms. The molecule has 2 saturated heterocycles. The molecule has 0 unspecified atom stereocenters. The van der Waals surface area contributed by atoms with E-state index in [1.807, 2.05) is 0 Å². The summed E-state index contributed by atoms with van der Waals surface area (Å²) in [6.45, 7) is 2.70. The van der Waals surface area contributed by atoms with E-state index in [9.17, 15) is 4.79 Å². The molecule has 0 atom stereocenters. The van der Waals surface area contributed by atoms with Crippen molar-refractivity contribution in [1.29, 1.82) is 0 Å². The second-order valence-electron chi connectivity index (χ2n) is 5.64. The molecular formula is C13H23BO. The first-order chi connectivity index (χ1) is 7.27. The third-order valence-corrected chi connectivity index (χ3v) is 4.58. The zero-order chi connectivity index (χ0) is 10.7. The summed E-state index contributed by atoms with van der Waals surface area (Å²) in [7, 11) is 0. The van der Waals surface area contributed by atoms with E-state index >= 15 is 0 Å². The molecule has 0 aromatic rings. The van der Waals surface area contributed by atoms with Crippen LogP contribution in [0.15, 0.2) is 0 Å². The number of fused-ring (bicyclic) bond motifs is 2. The molecule has 0 aliphatic carbocycles. The Labute approximate surface area is 94.1 Å². The number of hydrogen-bond acceptors (Lipinski definition) is 1. The maximum Gasteiger partial charge on any atom is 0.146 e. The number of hydrogen-bond donors (Lipinski definition) is 0. The molecule has 0 amide bonds. The average molecular weight is 206 g/mol. The summed E-state index contributed by atoms with van der Waals surface area (Å²) in [5.41, 5.74) is 0. The Hall–Kier alpha value is -0.265. The molecule has 1 nitrogen and oxygen atoms in total. The van der Waals surface area contributed by atoms with E-state index in [0.29, 0.717) is 5.78 Å². The maximum absolute atomic E-state index is 10.9. The van der Waals surface area contributed by atoms with Gasteiger partial charge < -0.3 is 4.79 Å². The first-order valence-electron chi connectivity index (χ1n) is 6.77. The van der Waals surface area contributed by atoms with Crippen LogP contribution in [0.25, 0.3) is 0 Å². The lowest BCUT2D eigenvalue weighted by molar-refractivity contribution is -0.117. The van der Waals surface area contributed by atoms with E-state index in [2.05, 4.69) is 0 Å². The zero-order valence-corrected chi connectivity index (χ0v) is 10.0. The Bertz CT molecular complexity index is 205. The number of rotatable bonds is 4. The van der Waals surface area contributed by atoms with Crippen molar-refractivity contribution in [2.75, 3.05) is 0 Å². The molecule has 2 aliphatic heterocycles. The van der Waals surface area contributed by atoms with Gasteiger partial charge in [0.15, 0.2) is 0 Å². The highest BCUT2D eigenvalue weighted by Gasteiger charge is 2.38. The Balaban J connectivity index is 1.81. The molecule has 2 fully saturated rings. The van der Waals surface area contributed by atoms with Crippen molar-refractivity contribution in [2.24, 2.45) is 0 Å². The molecule has 84 valence electrons. The molecule has 0 spiro atoms. The van der Waals surface area contributed by atoms with Gasteiger partial charge in [-0.15, -0.1) is 0 Å². The predicted molar refractivity (Wildman–Crippen MR) is 65.7 cm³/mol. The van der Waals surface area contributed by atoms with Crippen molar-refractivity contribution in [1.82, 2.24) is 0 Å². The van der Waals surface area contributed by atoms with Crippen LogP contribution in [0.3, 0.4) is 0 Å². The molecule has 0 aromatic heterocycles. The van der Waals surface area contributed by atoms with Crippen LogP contribution in [-0.4, -0.2) is 12.5 Å². The van der Waals surface area contributed by atoms with Gasteiger partial charge in [-0.25, -0.2) is 0 Å². The van der Waals surface area contributed by atoms with Crippen molar-refractivity contribution in [2.45, 2.75) is 76.2 Å². The standard InChI is InChI=1S/C13H23BO/c1-11(15)5-4-10-14-12-6-2-7-13(14)9-3-8-12/h12-13H,2-10H2,1H3. The minimum Gasteiger partial charge on any atom is -0.300 e. The van der Waals surface area contributed by atoms with Gasteiger partial charge >= 0.3 is 0 Å². The van der Waals surface area contributed by atoms with Crippen LogP contribution in [0, 0.1) is 0 Å². The zero-order valence-electron chi connectivity index (χ0n) is 10.0. The summed E-state index contributed by atoms with van der Waals surface area (Å²) in [4.78, 5) is 10.9. The second-order valence-corrected chi connectivity index (χ2v) is 5.64. The van der Waals surface area contributed by atoms with E-state index in [1.165, 1.54) is 44.8 Å². The molecule has 2 heterocycles. The molecule has 2 rings (SSSR count). The third-order valence-electron chi connectivity index (χ3n) is 4.58. The van der Waals surface area contributed by atoms with Crippen LogP contribution in [0.2, 0.25) is 18.0 Å². The number of Topliss-reactive ketones (excluding diaryl/α,β-unsaturated/α-hetero) is 1. The van der Waals surface area contributed by atoms with Crippen LogP contribution in [0.1, 0.15) is 58.3 Å². The lowest BCUT2D eigenvalue weighted by Gasteiger charge is -2.40. The molecule has 2 heteroatoms. The fourth-order valence-electron chi connectivity index (χ4n) is 3.87. The van der Waals surface area contributed by atoms with Gasteiger partial charge in [0.2, 0.25) is 0 Å². The van der Waals surface area contributed by atoms with Crippen molar-refractivity contribution >= 4 is 12.5 Å². The maximum atomic E-state index is 10.9. The van der Waals surface area contributed by atoms with Crippen LogP contribution >= 0.6 is 0 Å². The lowest BCUT2D eigenvalue weighted by atomic mass is 9.26. The Morgan fingerprint density at radius 2 is 1.67 bits per heavy atom. The Kier molecular flexibility index (Phi) is 3.88. The Morgan fingerprint density at radius 1 is 1.13 bits per heavy atom. The van der Waals surface area contributed by atoms with Crippen molar-refractivity contribution in [3.05, 3.63) is 0 Å². The largest absolute Gasteiger partial charge is 0.300 e. The van der Waals surface area contributed by atoms with Crippen molar-refractivity contribution < 1.29 is 4.79 Å². The smallest absolute Gasteiger partial charge is 0.146 e. The molecular weight excluding hydrogens is 183 g/mol. The minimum atomic E-state index is 0.371. The first-order valence-corrected chi connectivity index (χ1v) is 6.77. The third kappa shape index (κ3) is 2.86. The summed E-state index contributed by atoms with van der Waals surface area (Å²) in [6.07, 6.45) is 12.1. The van der Waals surface area contributed by atoms with Crippen molar-refractivity contribution in [3.8, 4) is 0 Å². The summed E-state index contributed by atoms with van der Waals surface area (Å²) in [6, 6.07) is 0. The monoisotopic (exact) mass is 206 g/mol. The van der Waals surface area contributed by atoms with Crippen LogP contribution in [0.4, 0.5) is 0 Å². The summed E-state index contributed by atoms with van der Waals surface area (Å²) >= 11 is 0. The van der Waals surface area contributed by atoms with Crippen molar-refractivity contribution in [3.63, 3.8) is 0 Å². The average Bonchev–Trinajstić information content (AvgIpc) is 2.16. The van der Waals surface area contributed by atoms with Gasteiger partial charge in [0.1, 0.15) is 12.5 Å². The van der Waals surface area contributed by atoms with Gasteiger partial charge in [-0.1, -0.05) is 62.9 Å². The molecule has 0 N–H and O–H groups in total. The summed E-state index contributed by atoms with van der Waals surface area (Å²) in [5.74, 6) is 2.41. The number of carbonyl (C=O) groups excluding carboxylic acids is 1. The molecule has 2 aliphatic rings. The van der Waals surface area contributed by atoms with Gasteiger partial charge in [0.05, 0.1) is 0 Å². The van der Waals surface area contributed by atoms with E-state index in [-0.39, 0.29) is 0 Å². The van der Waals surface area contributed by atoms with Gasteiger partial charge in [-0.3, -0.25) is 0 Å². The topological polar surface area (TPSA) is 17.1 Å². The number of ketones is 1. The molecule has 0 radical (unpaired) electrons. The lowest BCUT2D eigenvalue weighted by Crippen LogP contribution is -2.34. The quantitative estimate of drug-likeness (QED) is 0.636. The normalized spacial score (nSPS) is 30.3. The van der Waals surface area contributed by atoms with Gasteiger partial charge in [0.25, 0.3) is 0 Å². The number of carbonyl (C=O) groups is 1. The van der Waals surface area contributed by atoms with E-state index < -0.39 is 0 Å². The summed E-state index contributed by atoms with van der Waals surface area (Å²) < 4.78 is 0. The van der Waals surface area contributed by atoms with Crippen LogP contribution in [0.5, 0.6) is 0 Å². The molecule has 0 saturated carbocycles. The Morgan fingerprint density at radius 3 is 2.13 bits per heavy atom. The fourth-order valence-corrected chi connectivity index (χ4v) is 3.87. The predicted octanol–water partition coefficient (Wildman–Crippen LogP) is 3.96. The highest BCUT2D eigenvalue weighted by atomic mass is 16.1. The van der Waals surface area contributed by atoms with E-state index in [1.54, 1.807) is 6.92 Å². The van der Waals surface area contributed by atoms with Crippen LogP contribution < -0.4 is 0 Å². The first kappa shape index (κ1) is 11.2. The van der Waals surface area contributed by atoms with Gasteiger partial charge in [0, 0.05) is 6.42 Å². The van der Waals surface area contributed by atoms with Crippen LogP contribution in [-0.2, 0) is 4.79 Å². The van der Waals surface area contributed by atoms with E-state index in [0.717, 1.165) is 31.2 Å². The highest BCUT2D eigenvalue weighted by molar-refractivity contribution is 6.62. The molecule has 2 bridgehead atoms. The van der Waals surface area contributed by atoms with E-state index in [4.69, 9.17) is 0 Å². The SMILES string of the molecule is CC(=O)CCCB1C2CCCC1CCC2.